The predicted octanol–water partition coefficient (Wildman–Crippen LogP) is 2.18. The lowest BCUT2D eigenvalue weighted by molar-refractivity contribution is 0.0301. The van der Waals surface area contributed by atoms with Gasteiger partial charge in [-0.3, -0.25) is 0 Å². The molecule has 78 valence electrons. The van der Waals surface area contributed by atoms with Crippen LogP contribution in [0.3, 0.4) is 0 Å². The molecular formula is C11H23NO. The molecule has 1 aliphatic rings. The van der Waals surface area contributed by atoms with E-state index in [4.69, 9.17) is 10.5 Å². The van der Waals surface area contributed by atoms with Crippen molar-refractivity contribution >= 4 is 0 Å². The molecule has 2 N–H and O–H groups in total. The van der Waals surface area contributed by atoms with Gasteiger partial charge < -0.3 is 10.5 Å². The fourth-order valence-electron chi connectivity index (χ4n) is 2.87. The Morgan fingerprint density at radius 3 is 2.38 bits per heavy atom. The van der Waals surface area contributed by atoms with Gasteiger partial charge in [-0.1, -0.05) is 26.7 Å². The van der Waals surface area contributed by atoms with Crippen LogP contribution in [0.15, 0.2) is 0 Å². The van der Waals surface area contributed by atoms with Crippen LogP contribution in [-0.4, -0.2) is 19.3 Å². The van der Waals surface area contributed by atoms with Crippen LogP contribution in [0.5, 0.6) is 0 Å². The minimum absolute atomic E-state index is 0.267. The maximum atomic E-state index is 5.93. The van der Waals surface area contributed by atoms with Crippen LogP contribution < -0.4 is 5.73 Å². The van der Waals surface area contributed by atoms with Crippen LogP contribution in [0.1, 0.15) is 40.0 Å². The normalized spacial score (nSPS) is 34.4. The Labute approximate surface area is 81.8 Å². The fourth-order valence-corrected chi connectivity index (χ4v) is 2.87. The van der Waals surface area contributed by atoms with Crippen LogP contribution in [0.25, 0.3) is 0 Å². The van der Waals surface area contributed by atoms with E-state index >= 15 is 0 Å². The van der Waals surface area contributed by atoms with Crippen molar-refractivity contribution in [3.05, 3.63) is 0 Å². The quantitative estimate of drug-likeness (QED) is 0.728. The molecule has 1 aliphatic heterocycles. The number of hydrogen-bond donors (Lipinski definition) is 1. The summed E-state index contributed by atoms with van der Waals surface area (Å²) in [6, 6.07) is 0. The Hall–Kier alpha value is -0.0800. The highest BCUT2D eigenvalue weighted by atomic mass is 16.5. The van der Waals surface area contributed by atoms with E-state index in [-0.39, 0.29) is 5.41 Å². The van der Waals surface area contributed by atoms with E-state index in [0.29, 0.717) is 6.10 Å². The predicted molar refractivity (Wildman–Crippen MR) is 55.6 cm³/mol. The van der Waals surface area contributed by atoms with Gasteiger partial charge in [0.05, 0.1) is 6.10 Å². The van der Waals surface area contributed by atoms with Crippen molar-refractivity contribution in [2.24, 2.45) is 17.1 Å². The zero-order valence-electron chi connectivity index (χ0n) is 9.18. The van der Waals surface area contributed by atoms with Gasteiger partial charge in [-0.2, -0.15) is 0 Å². The van der Waals surface area contributed by atoms with E-state index in [9.17, 15) is 0 Å². The molecule has 2 nitrogen and oxygen atoms in total. The Bertz CT molecular complexity index is 156. The molecule has 0 amide bonds. The van der Waals surface area contributed by atoms with Crippen LogP contribution in [0.4, 0.5) is 0 Å². The fraction of sp³-hybridized carbons (Fsp3) is 1.00. The molecule has 1 heterocycles. The van der Waals surface area contributed by atoms with Crippen molar-refractivity contribution in [2.75, 3.05) is 13.2 Å². The second-order valence-corrected chi connectivity index (χ2v) is 4.21. The largest absolute Gasteiger partial charge is 0.378 e. The number of hydrogen-bond acceptors (Lipinski definition) is 2. The highest BCUT2D eigenvalue weighted by Crippen LogP contribution is 2.43. The van der Waals surface area contributed by atoms with Gasteiger partial charge in [0, 0.05) is 18.6 Å². The summed E-state index contributed by atoms with van der Waals surface area (Å²) >= 11 is 0. The van der Waals surface area contributed by atoms with E-state index < -0.39 is 0 Å². The van der Waals surface area contributed by atoms with Crippen LogP contribution in [0.2, 0.25) is 0 Å². The average Bonchev–Trinajstić information content (AvgIpc) is 2.51. The van der Waals surface area contributed by atoms with Gasteiger partial charge in [0.15, 0.2) is 0 Å². The first-order valence-electron chi connectivity index (χ1n) is 5.53. The first-order valence-corrected chi connectivity index (χ1v) is 5.53. The molecule has 0 aromatic rings. The third kappa shape index (κ3) is 1.75. The van der Waals surface area contributed by atoms with Crippen molar-refractivity contribution in [2.45, 2.75) is 46.1 Å². The number of rotatable bonds is 4. The molecular weight excluding hydrogens is 162 g/mol. The molecule has 2 unspecified atom stereocenters. The Morgan fingerprint density at radius 1 is 1.46 bits per heavy atom. The third-order valence-corrected chi connectivity index (χ3v) is 3.92. The van der Waals surface area contributed by atoms with Crippen LogP contribution >= 0.6 is 0 Å². The van der Waals surface area contributed by atoms with Gasteiger partial charge >= 0.3 is 0 Å². The maximum Gasteiger partial charge on any atom is 0.0618 e. The average molecular weight is 185 g/mol. The van der Waals surface area contributed by atoms with Crippen molar-refractivity contribution < 1.29 is 4.74 Å². The molecule has 2 heteroatoms. The molecule has 1 saturated heterocycles. The minimum Gasteiger partial charge on any atom is -0.378 e. The van der Waals surface area contributed by atoms with Gasteiger partial charge in [-0.15, -0.1) is 0 Å². The van der Waals surface area contributed by atoms with Gasteiger partial charge in [0.25, 0.3) is 0 Å². The Morgan fingerprint density at radius 2 is 2.08 bits per heavy atom. The highest BCUT2D eigenvalue weighted by Gasteiger charge is 2.44. The third-order valence-electron chi connectivity index (χ3n) is 3.92. The van der Waals surface area contributed by atoms with Crippen molar-refractivity contribution in [1.82, 2.24) is 0 Å². The standard InChI is InChI=1S/C11H23NO/c1-4-10(5-2)11(8-12)6-7-13-9(11)3/h9-10H,4-8,12H2,1-3H3. The van der Waals surface area contributed by atoms with Crippen LogP contribution in [-0.2, 0) is 4.74 Å². The summed E-state index contributed by atoms with van der Waals surface area (Å²) in [6.45, 7) is 8.38. The SMILES string of the molecule is CCC(CC)C1(CN)CCOC1C. The maximum absolute atomic E-state index is 5.93. The molecule has 1 rings (SSSR count). The summed E-state index contributed by atoms with van der Waals surface area (Å²) in [5, 5.41) is 0. The molecule has 0 saturated carbocycles. The Kier molecular flexibility index (Phi) is 3.74. The van der Waals surface area contributed by atoms with Gasteiger partial charge in [-0.05, 0) is 19.3 Å². The zero-order valence-corrected chi connectivity index (χ0v) is 9.18. The lowest BCUT2D eigenvalue weighted by atomic mass is 9.68. The summed E-state index contributed by atoms with van der Waals surface area (Å²) in [4.78, 5) is 0. The van der Waals surface area contributed by atoms with E-state index in [0.717, 1.165) is 25.5 Å². The second kappa shape index (κ2) is 4.43. The van der Waals surface area contributed by atoms with E-state index in [2.05, 4.69) is 20.8 Å². The van der Waals surface area contributed by atoms with Crippen LogP contribution in [0, 0.1) is 11.3 Å². The minimum atomic E-state index is 0.267. The second-order valence-electron chi connectivity index (χ2n) is 4.21. The highest BCUT2D eigenvalue weighted by molar-refractivity contribution is 4.94. The van der Waals surface area contributed by atoms with Crippen molar-refractivity contribution in [3.63, 3.8) is 0 Å². The molecule has 1 fully saturated rings. The first kappa shape index (κ1) is 11.0. The number of ether oxygens (including phenoxy) is 1. The van der Waals surface area contributed by atoms with Gasteiger partial charge in [-0.25, -0.2) is 0 Å². The lowest BCUT2D eigenvalue weighted by Crippen LogP contribution is -2.43. The summed E-state index contributed by atoms with van der Waals surface area (Å²) in [5.41, 5.74) is 6.20. The summed E-state index contributed by atoms with van der Waals surface area (Å²) in [7, 11) is 0. The molecule has 0 aromatic heterocycles. The summed E-state index contributed by atoms with van der Waals surface area (Å²) < 4.78 is 5.66. The molecule has 0 spiro atoms. The number of nitrogens with two attached hydrogens (primary N) is 1. The van der Waals surface area contributed by atoms with E-state index in [1.165, 1.54) is 12.8 Å². The smallest absolute Gasteiger partial charge is 0.0618 e. The molecule has 0 bridgehead atoms. The molecule has 0 aromatic carbocycles. The van der Waals surface area contributed by atoms with Crippen molar-refractivity contribution in [1.29, 1.82) is 0 Å². The monoisotopic (exact) mass is 185 g/mol. The van der Waals surface area contributed by atoms with Crippen molar-refractivity contribution in [3.8, 4) is 0 Å². The van der Waals surface area contributed by atoms with Gasteiger partial charge in [0.2, 0.25) is 0 Å². The van der Waals surface area contributed by atoms with E-state index in [1.807, 2.05) is 0 Å². The molecule has 13 heavy (non-hydrogen) atoms. The molecule has 0 aliphatic carbocycles. The molecule has 0 radical (unpaired) electrons. The van der Waals surface area contributed by atoms with E-state index in [1.54, 1.807) is 0 Å². The summed E-state index contributed by atoms with van der Waals surface area (Å²) in [6.07, 6.45) is 3.95. The molecule has 2 atom stereocenters. The Balaban J connectivity index is 2.77. The van der Waals surface area contributed by atoms with Gasteiger partial charge in [0.1, 0.15) is 0 Å². The first-order chi connectivity index (χ1) is 6.21. The summed E-state index contributed by atoms with van der Waals surface area (Å²) in [5.74, 6) is 0.731. The lowest BCUT2D eigenvalue weighted by Gasteiger charge is -2.38. The topological polar surface area (TPSA) is 35.2 Å². The zero-order chi connectivity index (χ0) is 9.90.